The summed E-state index contributed by atoms with van der Waals surface area (Å²) in [5.41, 5.74) is 3.03. The van der Waals surface area contributed by atoms with Gasteiger partial charge in [-0.1, -0.05) is 11.6 Å². The maximum atomic E-state index is 10.9. The lowest BCUT2D eigenvalue weighted by molar-refractivity contribution is 0.0697. The van der Waals surface area contributed by atoms with Crippen LogP contribution >= 0.6 is 11.6 Å². The van der Waals surface area contributed by atoms with E-state index in [9.17, 15) is 4.79 Å². The molecular formula is C11H10ClNO2. The lowest BCUT2D eigenvalue weighted by atomic mass is 10.1. The van der Waals surface area contributed by atoms with Crippen LogP contribution in [-0.2, 0) is 0 Å². The summed E-state index contributed by atoms with van der Waals surface area (Å²) in [6.45, 7) is 3.86. The topological polar surface area (TPSA) is 53.1 Å². The van der Waals surface area contributed by atoms with Crippen LogP contribution in [0.2, 0.25) is 5.02 Å². The number of hydrogen-bond acceptors (Lipinski definition) is 1. The third-order valence-corrected chi connectivity index (χ3v) is 3.02. The Morgan fingerprint density at radius 1 is 1.40 bits per heavy atom. The van der Waals surface area contributed by atoms with Gasteiger partial charge < -0.3 is 10.1 Å². The number of H-pyrrole nitrogens is 1. The molecule has 2 N–H and O–H groups in total. The van der Waals surface area contributed by atoms with Crippen LogP contribution in [0.4, 0.5) is 0 Å². The van der Waals surface area contributed by atoms with Gasteiger partial charge in [0.1, 0.15) is 0 Å². The molecule has 0 aliphatic rings. The first-order chi connectivity index (χ1) is 7.02. The number of aromatic amines is 1. The Bertz CT molecular complexity index is 557. The van der Waals surface area contributed by atoms with E-state index in [2.05, 4.69) is 4.98 Å². The zero-order chi connectivity index (χ0) is 11.2. The molecule has 3 nitrogen and oxygen atoms in total. The molecule has 0 saturated carbocycles. The largest absolute Gasteiger partial charge is 0.478 e. The Kier molecular flexibility index (Phi) is 2.20. The van der Waals surface area contributed by atoms with E-state index in [0.29, 0.717) is 5.02 Å². The number of aromatic carboxylic acids is 1. The van der Waals surface area contributed by atoms with E-state index >= 15 is 0 Å². The van der Waals surface area contributed by atoms with Gasteiger partial charge in [-0.3, -0.25) is 0 Å². The molecule has 0 aliphatic heterocycles. The van der Waals surface area contributed by atoms with Crippen molar-refractivity contribution < 1.29 is 9.90 Å². The molecule has 0 amide bonds. The molecule has 0 bridgehead atoms. The van der Waals surface area contributed by atoms with Gasteiger partial charge in [-0.05, 0) is 31.5 Å². The maximum Gasteiger partial charge on any atom is 0.337 e. The summed E-state index contributed by atoms with van der Waals surface area (Å²) >= 11 is 6.05. The first-order valence-corrected chi connectivity index (χ1v) is 4.91. The van der Waals surface area contributed by atoms with E-state index in [1.807, 2.05) is 13.8 Å². The standard InChI is InChI=1S/C11H10ClNO2/c1-5-6(2)13-8-4-3-7(11(14)15)10(12)9(5)8/h3-4,13H,1-2H3,(H,14,15). The minimum Gasteiger partial charge on any atom is -0.478 e. The summed E-state index contributed by atoms with van der Waals surface area (Å²) in [5.74, 6) is -1.000. The maximum absolute atomic E-state index is 10.9. The lowest BCUT2D eigenvalue weighted by Crippen LogP contribution is -1.97. The van der Waals surface area contributed by atoms with Gasteiger partial charge in [0.15, 0.2) is 0 Å². The quantitative estimate of drug-likeness (QED) is 0.780. The van der Waals surface area contributed by atoms with E-state index in [1.54, 1.807) is 6.07 Å². The Hall–Kier alpha value is -1.48. The number of rotatable bonds is 1. The molecule has 0 atom stereocenters. The fourth-order valence-corrected chi connectivity index (χ4v) is 2.08. The number of aromatic nitrogens is 1. The Labute approximate surface area is 91.7 Å². The van der Waals surface area contributed by atoms with Crippen molar-refractivity contribution in [3.8, 4) is 0 Å². The van der Waals surface area contributed by atoms with Gasteiger partial charge in [-0.25, -0.2) is 4.79 Å². The number of halogens is 1. The van der Waals surface area contributed by atoms with Crippen molar-refractivity contribution in [2.45, 2.75) is 13.8 Å². The molecule has 1 heterocycles. The highest BCUT2D eigenvalue weighted by molar-refractivity contribution is 6.38. The summed E-state index contributed by atoms with van der Waals surface area (Å²) in [5, 5.41) is 10.0. The highest BCUT2D eigenvalue weighted by Gasteiger charge is 2.15. The van der Waals surface area contributed by atoms with E-state index < -0.39 is 5.97 Å². The summed E-state index contributed by atoms with van der Waals surface area (Å²) in [6.07, 6.45) is 0. The van der Waals surface area contributed by atoms with Gasteiger partial charge in [-0.2, -0.15) is 0 Å². The number of aryl methyl sites for hydroxylation is 2. The molecule has 1 aromatic heterocycles. The van der Waals surface area contributed by atoms with Crippen LogP contribution in [0.3, 0.4) is 0 Å². The molecule has 4 heteroatoms. The highest BCUT2D eigenvalue weighted by Crippen LogP contribution is 2.31. The third-order valence-electron chi connectivity index (χ3n) is 2.63. The van der Waals surface area contributed by atoms with E-state index in [-0.39, 0.29) is 5.56 Å². The highest BCUT2D eigenvalue weighted by atomic mass is 35.5. The predicted octanol–water partition coefficient (Wildman–Crippen LogP) is 3.14. The molecule has 78 valence electrons. The van der Waals surface area contributed by atoms with Crippen LogP contribution in [0, 0.1) is 13.8 Å². The molecule has 2 rings (SSSR count). The van der Waals surface area contributed by atoms with Crippen molar-refractivity contribution in [3.63, 3.8) is 0 Å². The second-order valence-corrected chi connectivity index (χ2v) is 3.91. The van der Waals surface area contributed by atoms with Crippen molar-refractivity contribution in [2.24, 2.45) is 0 Å². The number of benzene rings is 1. The van der Waals surface area contributed by atoms with Gasteiger partial charge in [-0.15, -0.1) is 0 Å². The van der Waals surface area contributed by atoms with Crippen molar-refractivity contribution >= 4 is 28.5 Å². The molecule has 0 radical (unpaired) electrons. The molecular weight excluding hydrogens is 214 g/mol. The number of nitrogens with one attached hydrogen (secondary N) is 1. The van der Waals surface area contributed by atoms with Gasteiger partial charge >= 0.3 is 5.97 Å². The zero-order valence-electron chi connectivity index (χ0n) is 8.39. The van der Waals surface area contributed by atoms with E-state index in [1.165, 1.54) is 6.07 Å². The molecule has 0 unspecified atom stereocenters. The Morgan fingerprint density at radius 3 is 2.67 bits per heavy atom. The SMILES string of the molecule is Cc1[nH]c2ccc(C(=O)O)c(Cl)c2c1C. The van der Waals surface area contributed by atoms with Crippen molar-refractivity contribution in [3.05, 3.63) is 34.0 Å². The minimum absolute atomic E-state index is 0.145. The normalized spacial score (nSPS) is 10.9. The van der Waals surface area contributed by atoms with Crippen molar-refractivity contribution in [1.82, 2.24) is 4.98 Å². The number of carboxylic acids is 1. The molecule has 0 saturated heterocycles. The lowest BCUT2D eigenvalue weighted by Gasteiger charge is -2.00. The van der Waals surface area contributed by atoms with Crippen LogP contribution < -0.4 is 0 Å². The van der Waals surface area contributed by atoms with E-state index in [4.69, 9.17) is 16.7 Å². The number of fused-ring (bicyclic) bond motifs is 1. The summed E-state index contributed by atoms with van der Waals surface area (Å²) in [7, 11) is 0. The zero-order valence-corrected chi connectivity index (χ0v) is 9.14. The fraction of sp³-hybridized carbons (Fsp3) is 0.182. The summed E-state index contributed by atoms with van der Waals surface area (Å²) in [4.78, 5) is 14.0. The molecule has 2 aromatic rings. The molecule has 0 spiro atoms. The average molecular weight is 224 g/mol. The predicted molar refractivity (Wildman–Crippen MR) is 59.7 cm³/mol. The first kappa shape index (κ1) is 10.1. The average Bonchev–Trinajstić information content (AvgIpc) is 2.43. The monoisotopic (exact) mass is 223 g/mol. The van der Waals surface area contributed by atoms with Crippen LogP contribution in [0.1, 0.15) is 21.6 Å². The fourth-order valence-electron chi connectivity index (χ4n) is 1.70. The van der Waals surface area contributed by atoms with Crippen LogP contribution in [0.5, 0.6) is 0 Å². The molecule has 0 fully saturated rings. The smallest absolute Gasteiger partial charge is 0.337 e. The summed E-state index contributed by atoms with van der Waals surface area (Å²) < 4.78 is 0. The molecule has 1 aromatic carbocycles. The van der Waals surface area contributed by atoms with Gasteiger partial charge in [0.25, 0.3) is 0 Å². The Morgan fingerprint density at radius 2 is 2.07 bits per heavy atom. The van der Waals surface area contributed by atoms with Gasteiger partial charge in [0.2, 0.25) is 0 Å². The number of hydrogen-bond donors (Lipinski definition) is 2. The van der Waals surface area contributed by atoms with Gasteiger partial charge in [0.05, 0.1) is 10.6 Å². The molecule has 15 heavy (non-hydrogen) atoms. The third kappa shape index (κ3) is 1.39. The van der Waals surface area contributed by atoms with Crippen molar-refractivity contribution in [1.29, 1.82) is 0 Å². The van der Waals surface area contributed by atoms with Gasteiger partial charge in [0, 0.05) is 16.6 Å². The second-order valence-electron chi connectivity index (χ2n) is 3.53. The number of carboxylic acid groups (broad SMARTS) is 1. The number of carbonyl (C=O) groups is 1. The Balaban J connectivity index is 2.88. The molecule has 0 aliphatic carbocycles. The van der Waals surface area contributed by atoms with Crippen molar-refractivity contribution in [2.75, 3.05) is 0 Å². The summed E-state index contributed by atoms with van der Waals surface area (Å²) in [6, 6.07) is 3.26. The first-order valence-electron chi connectivity index (χ1n) is 4.53. The van der Waals surface area contributed by atoms with Crippen LogP contribution in [-0.4, -0.2) is 16.1 Å². The van der Waals surface area contributed by atoms with E-state index in [0.717, 1.165) is 22.2 Å². The van der Waals surface area contributed by atoms with Crippen LogP contribution in [0.15, 0.2) is 12.1 Å². The van der Waals surface area contributed by atoms with Crippen LogP contribution in [0.25, 0.3) is 10.9 Å². The second kappa shape index (κ2) is 3.28. The minimum atomic E-state index is -1.000.